The molecule has 3 heterocycles. The van der Waals surface area contributed by atoms with E-state index in [1.54, 1.807) is 24.7 Å². The second kappa shape index (κ2) is 6.00. The molecule has 8 nitrogen and oxygen atoms in total. The van der Waals surface area contributed by atoms with E-state index in [-0.39, 0.29) is 10.6 Å². The van der Waals surface area contributed by atoms with Crippen molar-refractivity contribution in [2.45, 2.75) is 24.8 Å². The van der Waals surface area contributed by atoms with E-state index in [1.165, 1.54) is 30.9 Å². The van der Waals surface area contributed by atoms with Crippen LogP contribution >= 0.6 is 0 Å². The first kappa shape index (κ1) is 17.6. The number of hydrogen-bond acceptors (Lipinski definition) is 6. The fourth-order valence-corrected chi connectivity index (χ4v) is 4.99. The van der Waals surface area contributed by atoms with Crippen LogP contribution in [0.5, 0.6) is 0 Å². The van der Waals surface area contributed by atoms with Gasteiger partial charge in [-0.05, 0) is 47.9 Å². The molecule has 0 bridgehead atoms. The summed E-state index contributed by atoms with van der Waals surface area (Å²) in [5.41, 5.74) is 6.16. The molecule has 2 aromatic carbocycles. The van der Waals surface area contributed by atoms with Gasteiger partial charge in [0.15, 0.2) is 12.2 Å². The maximum Gasteiger partial charge on any atom is 0.278 e. The SMILES string of the molecule is O=[N+]([O-])c1ccccc1C1=NCc2c(-c3cnco3)ncn2-c2ccc(C34CC3C4)cc21. The van der Waals surface area contributed by atoms with Crippen molar-refractivity contribution in [2.24, 2.45) is 10.9 Å². The Balaban J connectivity index is 1.47. The third-order valence-electron chi connectivity index (χ3n) is 7.04. The van der Waals surface area contributed by atoms with Crippen LogP contribution in [-0.2, 0) is 12.0 Å². The van der Waals surface area contributed by atoms with Gasteiger partial charge in [-0.15, -0.1) is 0 Å². The molecule has 0 unspecified atom stereocenters. The second-order valence-corrected chi connectivity index (χ2v) is 8.71. The van der Waals surface area contributed by atoms with Crippen LogP contribution in [0.25, 0.3) is 17.1 Å². The van der Waals surface area contributed by atoms with Crippen molar-refractivity contribution >= 4 is 11.4 Å². The monoisotopic (exact) mass is 423 g/mol. The Bertz CT molecular complexity index is 1440. The summed E-state index contributed by atoms with van der Waals surface area (Å²) in [7, 11) is 0. The Hall–Kier alpha value is -4.07. The van der Waals surface area contributed by atoms with E-state index in [1.807, 2.05) is 10.6 Å². The first-order valence-electron chi connectivity index (χ1n) is 10.5. The summed E-state index contributed by atoms with van der Waals surface area (Å²) in [6, 6.07) is 13.3. The number of aromatic nitrogens is 3. The summed E-state index contributed by atoms with van der Waals surface area (Å²) in [5, 5.41) is 11.8. The number of imidazole rings is 1. The van der Waals surface area contributed by atoms with Gasteiger partial charge in [0, 0.05) is 11.6 Å². The summed E-state index contributed by atoms with van der Waals surface area (Å²) in [6.45, 7) is 0.315. The normalized spacial score (nSPS) is 22.2. The summed E-state index contributed by atoms with van der Waals surface area (Å²) >= 11 is 0. The van der Waals surface area contributed by atoms with Crippen LogP contribution in [0.1, 0.15) is 35.2 Å². The minimum Gasteiger partial charge on any atom is -0.442 e. The zero-order valence-electron chi connectivity index (χ0n) is 16.9. The zero-order valence-corrected chi connectivity index (χ0v) is 16.9. The van der Waals surface area contributed by atoms with Gasteiger partial charge in [0.1, 0.15) is 12.0 Å². The Morgan fingerprint density at radius 1 is 1.16 bits per heavy atom. The van der Waals surface area contributed by atoms with Crippen molar-refractivity contribution < 1.29 is 9.34 Å². The smallest absolute Gasteiger partial charge is 0.278 e. The van der Waals surface area contributed by atoms with Gasteiger partial charge >= 0.3 is 0 Å². The van der Waals surface area contributed by atoms with E-state index < -0.39 is 0 Å². The number of oxazole rings is 1. The van der Waals surface area contributed by atoms with Crippen LogP contribution in [0.3, 0.4) is 0 Å². The first-order valence-corrected chi connectivity index (χ1v) is 10.5. The highest BCUT2D eigenvalue weighted by atomic mass is 16.6. The molecule has 2 fully saturated rings. The predicted octanol–water partition coefficient (Wildman–Crippen LogP) is 4.45. The fraction of sp³-hybridized carbons (Fsp3) is 0.208. The number of para-hydroxylation sites is 1. The number of nitro groups is 1. The van der Waals surface area contributed by atoms with Gasteiger partial charge in [-0.25, -0.2) is 9.97 Å². The third kappa shape index (κ3) is 2.34. The van der Waals surface area contributed by atoms with Crippen molar-refractivity contribution in [3.63, 3.8) is 0 Å². The molecule has 2 aliphatic carbocycles. The first-order chi connectivity index (χ1) is 15.7. The van der Waals surface area contributed by atoms with E-state index in [4.69, 9.17) is 9.41 Å². The molecule has 1 aliphatic heterocycles. The van der Waals surface area contributed by atoms with E-state index >= 15 is 0 Å². The van der Waals surface area contributed by atoms with Gasteiger partial charge in [0.2, 0.25) is 0 Å². The topological polar surface area (TPSA) is 99.3 Å². The van der Waals surface area contributed by atoms with Crippen molar-refractivity contribution in [3.05, 3.63) is 93.9 Å². The summed E-state index contributed by atoms with van der Waals surface area (Å²) < 4.78 is 7.50. The van der Waals surface area contributed by atoms with E-state index in [2.05, 4.69) is 28.2 Å². The molecule has 0 N–H and O–H groups in total. The van der Waals surface area contributed by atoms with Crippen molar-refractivity contribution in [1.82, 2.24) is 14.5 Å². The molecule has 0 atom stereocenters. The third-order valence-corrected chi connectivity index (χ3v) is 7.04. The lowest BCUT2D eigenvalue weighted by Gasteiger charge is -2.15. The lowest BCUT2D eigenvalue weighted by atomic mass is 9.94. The molecule has 3 aliphatic rings. The van der Waals surface area contributed by atoms with Crippen LogP contribution in [0, 0.1) is 16.0 Å². The summed E-state index contributed by atoms with van der Waals surface area (Å²) in [6.07, 6.45) is 7.23. The lowest BCUT2D eigenvalue weighted by molar-refractivity contribution is -0.385. The maximum absolute atomic E-state index is 11.8. The van der Waals surface area contributed by atoms with Crippen LogP contribution in [0.15, 0.2) is 70.8 Å². The molecule has 0 saturated heterocycles. The number of aliphatic imine (C=N–C) groups is 1. The lowest BCUT2D eigenvalue weighted by Crippen LogP contribution is -2.11. The van der Waals surface area contributed by atoms with Crippen LogP contribution in [0.2, 0.25) is 0 Å². The fourth-order valence-electron chi connectivity index (χ4n) is 4.99. The van der Waals surface area contributed by atoms with Gasteiger partial charge in [0.25, 0.3) is 5.69 Å². The van der Waals surface area contributed by atoms with E-state index in [0.29, 0.717) is 34.7 Å². The number of rotatable bonds is 4. The quantitative estimate of drug-likeness (QED) is 0.357. The zero-order chi connectivity index (χ0) is 21.4. The molecule has 156 valence electrons. The van der Waals surface area contributed by atoms with Crippen LogP contribution < -0.4 is 0 Å². The molecule has 2 saturated carbocycles. The van der Waals surface area contributed by atoms with Crippen molar-refractivity contribution in [2.75, 3.05) is 0 Å². The molecule has 7 rings (SSSR count). The maximum atomic E-state index is 11.8. The van der Waals surface area contributed by atoms with Gasteiger partial charge in [-0.2, -0.15) is 0 Å². The minimum absolute atomic E-state index is 0.0525. The minimum atomic E-state index is -0.343. The summed E-state index contributed by atoms with van der Waals surface area (Å²) in [5.74, 6) is 1.36. The van der Waals surface area contributed by atoms with Gasteiger partial charge in [-0.1, -0.05) is 18.2 Å². The molecular formula is C24H17N5O3. The van der Waals surface area contributed by atoms with Gasteiger partial charge < -0.3 is 4.42 Å². The van der Waals surface area contributed by atoms with Gasteiger partial charge in [0.05, 0.1) is 40.3 Å². The Morgan fingerprint density at radius 3 is 2.75 bits per heavy atom. The average molecular weight is 423 g/mol. The molecule has 0 radical (unpaired) electrons. The highest BCUT2D eigenvalue weighted by molar-refractivity contribution is 6.17. The Labute approximate surface area is 182 Å². The molecule has 0 amide bonds. The molecular weight excluding hydrogens is 406 g/mol. The molecule has 32 heavy (non-hydrogen) atoms. The standard InChI is InChI=1S/C24H17N5O3/c30-29(31)19-4-2-1-3-16(19)22-17-7-14(24-8-15(24)9-24)5-6-18(17)28-12-27-23(20(28)10-26-22)21-11-25-13-32-21/h1-7,11-13,15H,8-10H2. The van der Waals surface area contributed by atoms with Gasteiger partial charge in [-0.3, -0.25) is 19.7 Å². The highest BCUT2D eigenvalue weighted by Gasteiger charge is 2.70. The number of benzene rings is 2. The Morgan fingerprint density at radius 2 is 2.00 bits per heavy atom. The number of nitro benzene ring substituents is 1. The second-order valence-electron chi connectivity index (χ2n) is 8.71. The largest absolute Gasteiger partial charge is 0.442 e. The van der Waals surface area contributed by atoms with E-state index in [9.17, 15) is 10.1 Å². The van der Waals surface area contributed by atoms with Crippen LogP contribution in [0.4, 0.5) is 5.69 Å². The van der Waals surface area contributed by atoms with E-state index in [0.717, 1.165) is 22.9 Å². The highest BCUT2D eigenvalue weighted by Crippen LogP contribution is 2.75. The number of fused-ring (bicyclic) bond motifs is 4. The molecule has 8 heteroatoms. The van der Waals surface area contributed by atoms with Crippen molar-refractivity contribution in [3.8, 4) is 17.1 Å². The number of nitrogens with zero attached hydrogens (tertiary/aromatic N) is 5. The Kier molecular flexibility index (Phi) is 3.30. The average Bonchev–Trinajstić information content (AvgIpc) is 3.53. The molecule has 2 aromatic heterocycles. The van der Waals surface area contributed by atoms with Crippen molar-refractivity contribution in [1.29, 1.82) is 0 Å². The summed E-state index contributed by atoms with van der Waals surface area (Å²) in [4.78, 5) is 24.9. The predicted molar refractivity (Wildman–Crippen MR) is 116 cm³/mol. The number of hydrogen-bond donors (Lipinski definition) is 0. The molecule has 4 aromatic rings. The van der Waals surface area contributed by atoms with Crippen LogP contribution in [-0.4, -0.2) is 25.2 Å². The molecule has 0 spiro atoms.